The summed E-state index contributed by atoms with van der Waals surface area (Å²) < 4.78 is 0. The number of aryl methyl sites for hydroxylation is 1. The van der Waals surface area contributed by atoms with Crippen LogP contribution in [0.2, 0.25) is 0 Å². The van der Waals surface area contributed by atoms with E-state index in [-0.39, 0.29) is 5.91 Å². The Morgan fingerprint density at radius 2 is 2.40 bits per heavy atom. The molecule has 1 aromatic rings. The van der Waals surface area contributed by atoms with E-state index >= 15 is 0 Å². The maximum absolute atomic E-state index is 11.9. The fraction of sp³-hybridized carbons (Fsp3) is 0.600. The Hall–Kier alpha value is -0.420. The van der Waals surface area contributed by atoms with E-state index in [4.69, 9.17) is 0 Å². The van der Waals surface area contributed by atoms with Gasteiger partial charge in [-0.05, 0) is 13.3 Å². The van der Waals surface area contributed by atoms with Crippen molar-refractivity contribution in [2.75, 3.05) is 13.6 Å². The number of hydrogen-bond donors (Lipinski definition) is 0. The van der Waals surface area contributed by atoms with Crippen molar-refractivity contribution in [3.63, 3.8) is 0 Å². The molecule has 1 aromatic heterocycles. The number of thiazole rings is 1. The molecule has 0 spiro atoms. The van der Waals surface area contributed by atoms with Crippen LogP contribution < -0.4 is 0 Å². The van der Waals surface area contributed by atoms with Gasteiger partial charge < -0.3 is 4.90 Å². The first kappa shape index (κ1) is 12.6. The van der Waals surface area contributed by atoms with E-state index in [0.29, 0.717) is 4.83 Å². The summed E-state index contributed by atoms with van der Waals surface area (Å²) in [6.45, 7) is 4.71. The van der Waals surface area contributed by atoms with E-state index < -0.39 is 0 Å². The second-order valence-electron chi connectivity index (χ2n) is 3.56. The molecule has 0 saturated heterocycles. The lowest BCUT2D eigenvalue weighted by Crippen LogP contribution is -2.28. The highest BCUT2D eigenvalue weighted by atomic mass is 79.9. The van der Waals surface area contributed by atoms with Crippen LogP contribution in [0.5, 0.6) is 0 Å². The van der Waals surface area contributed by atoms with Gasteiger partial charge >= 0.3 is 0 Å². The Labute approximate surface area is 103 Å². The molecule has 1 rings (SSSR count). The highest BCUT2D eigenvalue weighted by Gasteiger charge is 2.16. The second-order valence-corrected chi connectivity index (χ2v) is 5.98. The van der Waals surface area contributed by atoms with Gasteiger partial charge in [-0.15, -0.1) is 11.3 Å². The van der Waals surface area contributed by atoms with Gasteiger partial charge in [-0.25, -0.2) is 4.98 Å². The maximum atomic E-state index is 11.9. The van der Waals surface area contributed by atoms with E-state index in [1.165, 1.54) is 11.3 Å². The van der Waals surface area contributed by atoms with Gasteiger partial charge in [0.2, 0.25) is 0 Å². The Kier molecular flexibility index (Phi) is 4.73. The zero-order valence-corrected chi connectivity index (χ0v) is 11.6. The van der Waals surface area contributed by atoms with Crippen molar-refractivity contribution in [3.8, 4) is 0 Å². The first-order valence-electron chi connectivity index (χ1n) is 4.82. The number of hydrogen-bond acceptors (Lipinski definition) is 3. The molecule has 15 heavy (non-hydrogen) atoms. The van der Waals surface area contributed by atoms with Crippen molar-refractivity contribution in [1.82, 2.24) is 9.88 Å². The number of carbonyl (C=O) groups excluding carboxylic acids is 1. The molecule has 0 N–H and O–H groups in total. The van der Waals surface area contributed by atoms with Gasteiger partial charge in [0, 0.05) is 18.4 Å². The topological polar surface area (TPSA) is 33.2 Å². The average Bonchev–Trinajstić information content (AvgIpc) is 2.59. The first-order valence-corrected chi connectivity index (χ1v) is 6.61. The molecule has 1 atom stereocenters. The molecule has 0 aliphatic carbocycles. The fourth-order valence-electron chi connectivity index (χ4n) is 1.15. The van der Waals surface area contributed by atoms with Gasteiger partial charge in [0.05, 0.1) is 11.2 Å². The number of rotatable bonds is 4. The highest BCUT2D eigenvalue weighted by Crippen LogP contribution is 2.15. The van der Waals surface area contributed by atoms with Crippen LogP contribution in [0.25, 0.3) is 0 Å². The van der Waals surface area contributed by atoms with Crippen molar-refractivity contribution < 1.29 is 4.79 Å². The number of halogens is 1. The molecular formula is C10H15BrN2OS. The Morgan fingerprint density at radius 3 is 2.87 bits per heavy atom. The molecule has 0 aliphatic rings. The predicted molar refractivity (Wildman–Crippen MR) is 66.8 cm³/mol. The van der Waals surface area contributed by atoms with Crippen LogP contribution in [0.1, 0.15) is 28.7 Å². The van der Waals surface area contributed by atoms with Crippen LogP contribution in [-0.2, 0) is 0 Å². The molecule has 1 unspecified atom stereocenters. The molecule has 84 valence electrons. The summed E-state index contributed by atoms with van der Waals surface area (Å²) >= 11 is 4.87. The quantitative estimate of drug-likeness (QED) is 0.799. The third kappa shape index (κ3) is 3.57. The van der Waals surface area contributed by atoms with Crippen molar-refractivity contribution in [2.24, 2.45) is 0 Å². The lowest BCUT2D eigenvalue weighted by molar-refractivity contribution is 0.0798. The summed E-state index contributed by atoms with van der Waals surface area (Å²) in [4.78, 5) is 18.9. The van der Waals surface area contributed by atoms with Gasteiger partial charge in [0.1, 0.15) is 4.88 Å². The largest absolute Gasteiger partial charge is 0.341 e. The monoisotopic (exact) mass is 290 g/mol. The van der Waals surface area contributed by atoms with Crippen LogP contribution in [0, 0.1) is 6.92 Å². The molecule has 0 bridgehead atoms. The van der Waals surface area contributed by atoms with E-state index in [1.54, 1.807) is 10.4 Å². The van der Waals surface area contributed by atoms with E-state index in [1.807, 2.05) is 14.0 Å². The summed E-state index contributed by atoms with van der Waals surface area (Å²) in [5, 5.41) is 0. The molecule has 3 nitrogen and oxygen atoms in total. The molecule has 1 heterocycles. The van der Waals surface area contributed by atoms with E-state index in [0.717, 1.165) is 23.5 Å². The smallest absolute Gasteiger partial charge is 0.265 e. The van der Waals surface area contributed by atoms with Gasteiger partial charge in [0.15, 0.2) is 0 Å². The van der Waals surface area contributed by atoms with Crippen LogP contribution >= 0.6 is 27.3 Å². The van der Waals surface area contributed by atoms with Crippen LogP contribution in [-0.4, -0.2) is 34.2 Å². The summed E-state index contributed by atoms with van der Waals surface area (Å²) in [7, 11) is 1.83. The summed E-state index contributed by atoms with van der Waals surface area (Å²) in [6, 6.07) is 0. The Balaban J connectivity index is 2.57. The minimum absolute atomic E-state index is 0.0724. The minimum atomic E-state index is 0.0724. The van der Waals surface area contributed by atoms with Gasteiger partial charge in [-0.1, -0.05) is 22.9 Å². The molecule has 5 heteroatoms. The summed E-state index contributed by atoms with van der Waals surface area (Å²) in [5.74, 6) is 0.0724. The van der Waals surface area contributed by atoms with Crippen molar-refractivity contribution in [1.29, 1.82) is 0 Å². The average molecular weight is 291 g/mol. The van der Waals surface area contributed by atoms with E-state index in [2.05, 4.69) is 27.8 Å². The number of nitrogens with zero attached hydrogens (tertiary/aromatic N) is 2. The molecule has 1 amide bonds. The normalized spacial score (nSPS) is 12.5. The number of alkyl halides is 1. The van der Waals surface area contributed by atoms with Gasteiger partial charge in [-0.3, -0.25) is 4.79 Å². The number of carbonyl (C=O) groups is 1. The van der Waals surface area contributed by atoms with Crippen LogP contribution in [0.4, 0.5) is 0 Å². The third-order valence-corrected chi connectivity index (χ3v) is 3.52. The van der Waals surface area contributed by atoms with Crippen molar-refractivity contribution in [2.45, 2.75) is 25.1 Å². The summed E-state index contributed by atoms with van der Waals surface area (Å²) in [5.41, 5.74) is 2.53. The van der Waals surface area contributed by atoms with Gasteiger partial charge in [-0.2, -0.15) is 0 Å². The molecule has 0 radical (unpaired) electrons. The Morgan fingerprint density at radius 1 is 1.73 bits per heavy atom. The highest BCUT2D eigenvalue weighted by molar-refractivity contribution is 9.09. The maximum Gasteiger partial charge on any atom is 0.265 e. The molecule has 0 aromatic carbocycles. The predicted octanol–water partition coefficient (Wildman–Crippen LogP) is 2.70. The molecular weight excluding hydrogens is 276 g/mol. The third-order valence-electron chi connectivity index (χ3n) is 2.15. The number of aromatic nitrogens is 1. The minimum Gasteiger partial charge on any atom is -0.341 e. The van der Waals surface area contributed by atoms with Crippen molar-refractivity contribution in [3.05, 3.63) is 16.1 Å². The number of amides is 1. The van der Waals surface area contributed by atoms with Crippen LogP contribution in [0.3, 0.4) is 0 Å². The summed E-state index contributed by atoms with van der Waals surface area (Å²) in [6.07, 6.45) is 0.958. The zero-order chi connectivity index (χ0) is 11.4. The van der Waals surface area contributed by atoms with Gasteiger partial charge in [0.25, 0.3) is 5.91 Å². The Bertz CT molecular complexity index is 338. The zero-order valence-electron chi connectivity index (χ0n) is 9.16. The molecule has 0 aliphatic heterocycles. The SMILES string of the molecule is Cc1ncsc1C(=O)N(C)CCC(C)Br. The molecule has 0 saturated carbocycles. The lowest BCUT2D eigenvalue weighted by Gasteiger charge is -2.17. The van der Waals surface area contributed by atoms with Crippen LogP contribution in [0.15, 0.2) is 5.51 Å². The second kappa shape index (κ2) is 5.61. The standard InChI is InChI=1S/C10H15BrN2OS/c1-7(11)4-5-13(3)10(14)9-8(2)12-6-15-9/h6-7H,4-5H2,1-3H3. The first-order chi connectivity index (χ1) is 7.02. The van der Waals surface area contributed by atoms with Crippen molar-refractivity contribution >= 4 is 33.2 Å². The van der Waals surface area contributed by atoms with E-state index in [9.17, 15) is 4.79 Å². The lowest BCUT2D eigenvalue weighted by atomic mass is 10.3. The molecule has 0 fully saturated rings. The fourth-order valence-corrected chi connectivity index (χ4v) is 2.15.